The number of nitrogens with one attached hydrogen (secondary N) is 1. The molecule has 3 aliphatic heterocycles. The van der Waals surface area contributed by atoms with Crippen LogP contribution in [0.1, 0.15) is 74.2 Å². The van der Waals surface area contributed by atoms with Crippen LogP contribution in [-0.4, -0.2) is 73.6 Å². The summed E-state index contributed by atoms with van der Waals surface area (Å²) in [6, 6.07) is 15.7. The summed E-state index contributed by atoms with van der Waals surface area (Å²) in [5.41, 5.74) is 1.40. The Morgan fingerprint density at radius 2 is 1.73 bits per heavy atom. The van der Waals surface area contributed by atoms with E-state index in [0.29, 0.717) is 50.5 Å². The third-order valence-corrected chi connectivity index (χ3v) is 8.87. The Morgan fingerprint density at radius 1 is 0.975 bits per heavy atom. The summed E-state index contributed by atoms with van der Waals surface area (Å²) in [5, 5.41) is 3.23. The molecule has 5 rings (SSSR count). The van der Waals surface area contributed by atoms with Crippen LogP contribution in [0.25, 0.3) is 0 Å². The van der Waals surface area contributed by atoms with Gasteiger partial charge in [-0.05, 0) is 95.1 Å². The Kier molecular flexibility index (Phi) is 9.63. The van der Waals surface area contributed by atoms with Crippen LogP contribution in [0.5, 0.6) is 11.5 Å². The van der Waals surface area contributed by atoms with E-state index in [0.717, 1.165) is 44.4 Å². The number of hydrogen-bond donors (Lipinski definition) is 1. The number of benzene rings is 2. The van der Waals surface area contributed by atoms with Gasteiger partial charge in [0.25, 0.3) is 5.91 Å². The second-order valence-electron chi connectivity index (χ2n) is 11.8. The first-order chi connectivity index (χ1) is 19.5. The highest BCUT2D eigenvalue weighted by atomic mass is 16.5. The molecule has 2 fully saturated rings. The SMILES string of the molecule is C[C@@H]1COc2ccccc2CCCCC2(CCN(C(=O)c3ccccc3OCCCN3CCCC3)CC2)C(=O)N1. The van der Waals surface area contributed by atoms with Crippen molar-refractivity contribution in [2.45, 2.75) is 70.8 Å². The molecule has 2 aromatic carbocycles. The molecule has 3 heterocycles. The number of nitrogens with zero attached hydrogens (tertiary/aromatic N) is 2. The number of fused-ring (bicyclic) bond motifs is 1. The van der Waals surface area contributed by atoms with Crippen molar-refractivity contribution in [2.75, 3.05) is 45.9 Å². The molecule has 0 aliphatic carbocycles. The van der Waals surface area contributed by atoms with E-state index in [1.165, 1.54) is 31.5 Å². The molecular weight excluding hydrogens is 502 g/mol. The van der Waals surface area contributed by atoms with Crippen molar-refractivity contribution in [3.8, 4) is 11.5 Å². The molecule has 0 bridgehead atoms. The van der Waals surface area contributed by atoms with Gasteiger partial charge in [0.1, 0.15) is 18.1 Å². The third-order valence-electron chi connectivity index (χ3n) is 8.87. The van der Waals surface area contributed by atoms with Gasteiger partial charge in [0, 0.05) is 19.6 Å². The van der Waals surface area contributed by atoms with Crippen LogP contribution in [0.3, 0.4) is 0 Å². The lowest BCUT2D eigenvalue weighted by Gasteiger charge is -2.41. The lowest BCUT2D eigenvalue weighted by molar-refractivity contribution is -0.135. The van der Waals surface area contributed by atoms with E-state index in [9.17, 15) is 9.59 Å². The predicted molar refractivity (Wildman–Crippen MR) is 157 cm³/mol. The molecule has 216 valence electrons. The van der Waals surface area contributed by atoms with E-state index in [1.54, 1.807) is 0 Å². The lowest BCUT2D eigenvalue weighted by atomic mass is 9.73. The molecule has 2 aromatic rings. The van der Waals surface area contributed by atoms with Gasteiger partial charge in [-0.1, -0.05) is 36.8 Å². The lowest BCUT2D eigenvalue weighted by Crippen LogP contribution is -2.52. The maximum absolute atomic E-state index is 13.6. The standard InChI is InChI=1S/C33H45N3O4/c1-26-25-40-29-14-4-2-11-27(29)12-6-7-16-33(32(38)34-26)17-22-36(23-18-33)31(37)28-13-3-5-15-30(28)39-24-10-21-35-19-8-9-20-35/h2-5,11,13-15,26H,6-10,12,16-25H2,1H3,(H,34,38)/t26-/m1/s1. The van der Waals surface area contributed by atoms with Gasteiger partial charge in [0.05, 0.1) is 23.6 Å². The van der Waals surface area contributed by atoms with Gasteiger partial charge in [0.2, 0.25) is 5.91 Å². The summed E-state index contributed by atoms with van der Waals surface area (Å²) in [5.74, 6) is 1.68. The summed E-state index contributed by atoms with van der Waals surface area (Å²) in [6.45, 7) is 7.61. The summed E-state index contributed by atoms with van der Waals surface area (Å²) in [4.78, 5) is 31.6. The van der Waals surface area contributed by atoms with Gasteiger partial charge in [0.15, 0.2) is 0 Å². The van der Waals surface area contributed by atoms with Crippen molar-refractivity contribution in [3.05, 3.63) is 59.7 Å². The molecule has 0 radical (unpaired) electrons. The van der Waals surface area contributed by atoms with E-state index in [4.69, 9.17) is 9.47 Å². The molecule has 0 aromatic heterocycles. The monoisotopic (exact) mass is 547 g/mol. The number of piperidine rings is 1. The van der Waals surface area contributed by atoms with Crippen LogP contribution in [0.15, 0.2) is 48.5 Å². The van der Waals surface area contributed by atoms with Crippen LogP contribution in [0, 0.1) is 5.41 Å². The molecule has 3 aliphatic rings. The smallest absolute Gasteiger partial charge is 0.257 e. The molecule has 1 spiro atoms. The zero-order valence-electron chi connectivity index (χ0n) is 24.0. The first kappa shape index (κ1) is 28.5. The number of hydrogen-bond acceptors (Lipinski definition) is 5. The van der Waals surface area contributed by atoms with E-state index >= 15 is 0 Å². The van der Waals surface area contributed by atoms with Gasteiger partial charge in [-0.3, -0.25) is 9.59 Å². The maximum Gasteiger partial charge on any atom is 0.257 e. The normalized spacial score (nSPS) is 22.0. The topological polar surface area (TPSA) is 71.1 Å². The molecule has 40 heavy (non-hydrogen) atoms. The molecule has 1 N–H and O–H groups in total. The van der Waals surface area contributed by atoms with Crippen molar-refractivity contribution >= 4 is 11.8 Å². The van der Waals surface area contributed by atoms with E-state index < -0.39 is 5.41 Å². The molecule has 2 saturated heterocycles. The van der Waals surface area contributed by atoms with Crippen LogP contribution in [0.2, 0.25) is 0 Å². The Morgan fingerprint density at radius 3 is 2.55 bits per heavy atom. The number of carbonyl (C=O) groups is 2. The minimum Gasteiger partial charge on any atom is -0.493 e. The average Bonchev–Trinajstić information content (AvgIpc) is 3.50. The Balaban J connectivity index is 1.19. The molecule has 1 atom stereocenters. The van der Waals surface area contributed by atoms with Crippen molar-refractivity contribution in [1.29, 1.82) is 0 Å². The fraction of sp³-hybridized carbons (Fsp3) is 0.576. The van der Waals surface area contributed by atoms with Gasteiger partial charge in [-0.15, -0.1) is 0 Å². The minimum absolute atomic E-state index is 0.00284. The van der Waals surface area contributed by atoms with Crippen molar-refractivity contribution in [2.24, 2.45) is 5.41 Å². The maximum atomic E-state index is 13.6. The Labute approximate surface area is 239 Å². The van der Waals surface area contributed by atoms with E-state index in [2.05, 4.69) is 22.3 Å². The fourth-order valence-electron chi connectivity index (χ4n) is 6.41. The number of amides is 2. The highest BCUT2D eigenvalue weighted by Gasteiger charge is 2.42. The predicted octanol–water partition coefficient (Wildman–Crippen LogP) is 5.08. The molecule has 7 nitrogen and oxygen atoms in total. The first-order valence-corrected chi connectivity index (χ1v) is 15.3. The van der Waals surface area contributed by atoms with Crippen molar-refractivity contribution < 1.29 is 19.1 Å². The second kappa shape index (κ2) is 13.5. The molecular formula is C33H45N3O4. The molecule has 0 saturated carbocycles. The number of aryl methyl sites for hydroxylation is 1. The summed E-state index contributed by atoms with van der Waals surface area (Å²) < 4.78 is 12.2. The summed E-state index contributed by atoms with van der Waals surface area (Å²) in [6.07, 6.45) is 8.65. The highest BCUT2D eigenvalue weighted by Crippen LogP contribution is 2.38. The molecule has 0 unspecified atom stereocenters. The van der Waals surface area contributed by atoms with E-state index in [-0.39, 0.29) is 17.9 Å². The number of para-hydroxylation sites is 2. The zero-order valence-corrected chi connectivity index (χ0v) is 24.0. The van der Waals surface area contributed by atoms with Crippen LogP contribution in [0.4, 0.5) is 0 Å². The Hall–Kier alpha value is -3.06. The van der Waals surface area contributed by atoms with Gasteiger partial charge in [-0.25, -0.2) is 0 Å². The first-order valence-electron chi connectivity index (χ1n) is 15.3. The summed E-state index contributed by atoms with van der Waals surface area (Å²) in [7, 11) is 0. The second-order valence-corrected chi connectivity index (χ2v) is 11.8. The fourth-order valence-corrected chi connectivity index (χ4v) is 6.41. The molecule has 2 amide bonds. The van der Waals surface area contributed by atoms with Gasteiger partial charge >= 0.3 is 0 Å². The van der Waals surface area contributed by atoms with Crippen molar-refractivity contribution in [1.82, 2.24) is 15.1 Å². The Bertz CT molecular complexity index is 1140. The van der Waals surface area contributed by atoms with Crippen LogP contribution >= 0.6 is 0 Å². The van der Waals surface area contributed by atoms with E-state index in [1.807, 2.05) is 48.2 Å². The van der Waals surface area contributed by atoms with Crippen LogP contribution in [-0.2, 0) is 11.2 Å². The largest absolute Gasteiger partial charge is 0.493 e. The number of likely N-dealkylation sites (tertiary alicyclic amines) is 2. The average molecular weight is 548 g/mol. The number of ether oxygens (including phenoxy) is 2. The van der Waals surface area contributed by atoms with Crippen LogP contribution < -0.4 is 14.8 Å². The zero-order chi connectivity index (χ0) is 27.8. The number of carbonyl (C=O) groups excluding carboxylic acids is 2. The molecule has 7 heteroatoms. The van der Waals surface area contributed by atoms with Gasteiger partial charge in [-0.2, -0.15) is 0 Å². The quantitative estimate of drug-likeness (QED) is 0.511. The summed E-state index contributed by atoms with van der Waals surface area (Å²) >= 11 is 0. The third kappa shape index (κ3) is 6.98. The number of rotatable bonds is 6. The van der Waals surface area contributed by atoms with Crippen molar-refractivity contribution in [3.63, 3.8) is 0 Å². The minimum atomic E-state index is -0.449. The van der Waals surface area contributed by atoms with Gasteiger partial charge < -0.3 is 24.6 Å². The highest BCUT2D eigenvalue weighted by molar-refractivity contribution is 5.97.